The fourth-order valence-electron chi connectivity index (χ4n) is 5.66. The largest absolute Gasteiger partial charge is 0.491 e. The maximum absolute atomic E-state index is 5.97. The van der Waals surface area contributed by atoms with Crippen molar-refractivity contribution in [3.05, 3.63) is 107 Å². The fraction of sp³-hybridized carbons (Fsp3) is 0.312. The topological polar surface area (TPSA) is 42.3 Å². The summed E-state index contributed by atoms with van der Waals surface area (Å²) in [5.74, 6) is 0.851. The fourth-order valence-corrected chi connectivity index (χ4v) is 6.01. The summed E-state index contributed by atoms with van der Waals surface area (Å²) in [5.41, 5.74) is 9.55. The molecule has 0 saturated carbocycles. The van der Waals surface area contributed by atoms with Gasteiger partial charge in [0.2, 0.25) is 0 Å². The van der Waals surface area contributed by atoms with Crippen molar-refractivity contribution < 1.29 is 4.74 Å². The number of ether oxygens (including phenoxy) is 1. The Bertz CT molecular complexity index is 1440. The first-order valence-electron chi connectivity index (χ1n) is 13.3. The Morgan fingerprint density at radius 3 is 2.42 bits per heavy atom. The van der Waals surface area contributed by atoms with Crippen molar-refractivity contribution in [2.24, 2.45) is 0 Å². The summed E-state index contributed by atoms with van der Waals surface area (Å²) in [5, 5.41) is 4.29. The van der Waals surface area contributed by atoms with Crippen molar-refractivity contribution in [1.29, 1.82) is 0 Å². The van der Waals surface area contributed by atoms with Crippen LogP contribution in [0.5, 0.6) is 5.75 Å². The van der Waals surface area contributed by atoms with E-state index in [1.165, 1.54) is 33.8 Å². The summed E-state index contributed by atoms with van der Waals surface area (Å²) >= 11 is 5.97. The third-order valence-electron chi connectivity index (χ3n) is 7.30. The Labute approximate surface area is 231 Å². The van der Waals surface area contributed by atoms with Crippen molar-refractivity contribution in [1.82, 2.24) is 14.9 Å². The van der Waals surface area contributed by atoms with Crippen molar-refractivity contribution in [2.75, 3.05) is 4.90 Å². The van der Waals surface area contributed by atoms with Crippen LogP contribution in [0.2, 0.25) is 0 Å². The van der Waals surface area contributed by atoms with Crippen molar-refractivity contribution in [3.8, 4) is 11.4 Å². The average molecular weight is 525 g/mol. The van der Waals surface area contributed by atoms with Crippen molar-refractivity contribution >= 4 is 23.0 Å². The zero-order valence-electron chi connectivity index (χ0n) is 23.0. The van der Waals surface area contributed by atoms with Crippen LogP contribution in [-0.2, 0) is 6.42 Å². The van der Waals surface area contributed by atoms with Crippen LogP contribution in [0.1, 0.15) is 66.6 Å². The number of benzene rings is 2. The lowest BCUT2D eigenvalue weighted by Gasteiger charge is -2.28. The molecule has 5 rings (SSSR count). The molecule has 196 valence electrons. The molecular weight excluding hydrogens is 488 g/mol. The first-order chi connectivity index (χ1) is 18.3. The SMILES string of the molecule is CCc1cccc(C)c1-n1c(C)cc(C2C(c3ccccn3)NC(=S)N2c2ccc(OC(C)C)cc2)c1C. The smallest absolute Gasteiger partial charge is 0.174 e. The Morgan fingerprint density at radius 1 is 1.00 bits per heavy atom. The van der Waals surface area contributed by atoms with Crippen LogP contribution >= 0.6 is 12.2 Å². The lowest BCUT2D eigenvalue weighted by atomic mass is 9.96. The number of aromatic nitrogens is 2. The third kappa shape index (κ3) is 4.69. The number of hydrogen-bond donors (Lipinski definition) is 1. The number of pyridine rings is 1. The average Bonchev–Trinajstić information content (AvgIpc) is 3.39. The number of anilines is 1. The molecule has 0 spiro atoms. The highest BCUT2D eigenvalue weighted by molar-refractivity contribution is 7.80. The summed E-state index contributed by atoms with van der Waals surface area (Å²) in [6.45, 7) is 12.9. The molecule has 38 heavy (non-hydrogen) atoms. The molecule has 1 aliphatic heterocycles. The predicted octanol–water partition coefficient (Wildman–Crippen LogP) is 7.32. The van der Waals surface area contributed by atoms with Gasteiger partial charge in [0.05, 0.1) is 29.6 Å². The highest BCUT2D eigenvalue weighted by atomic mass is 32.1. The number of hydrogen-bond acceptors (Lipinski definition) is 3. The van der Waals surface area contributed by atoms with Crippen LogP contribution in [0.25, 0.3) is 5.69 Å². The molecule has 2 aromatic carbocycles. The van der Waals surface area contributed by atoms with E-state index in [0.717, 1.165) is 23.6 Å². The molecule has 1 N–H and O–H groups in total. The molecule has 2 atom stereocenters. The van der Waals surface area contributed by atoms with Gasteiger partial charge in [0, 0.05) is 23.3 Å². The van der Waals surface area contributed by atoms with Crippen molar-refractivity contribution in [2.45, 2.75) is 66.2 Å². The van der Waals surface area contributed by atoms with Crippen LogP contribution in [0, 0.1) is 20.8 Å². The lowest BCUT2D eigenvalue weighted by molar-refractivity contribution is 0.242. The second kappa shape index (κ2) is 10.6. The molecule has 0 radical (unpaired) electrons. The highest BCUT2D eigenvalue weighted by Gasteiger charge is 2.42. The minimum Gasteiger partial charge on any atom is -0.491 e. The number of nitrogens with zero attached hydrogens (tertiary/aromatic N) is 3. The van der Waals surface area contributed by atoms with E-state index in [1.54, 1.807) is 0 Å². The molecule has 1 saturated heterocycles. The predicted molar refractivity (Wildman–Crippen MR) is 159 cm³/mol. The number of rotatable bonds is 7. The molecule has 0 bridgehead atoms. The van der Waals surface area contributed by atoms with Gasteiger partial charge in [-0.05, 0) is 112 Å². The summed E-state index contributed by atoms with van der Waals surface area (Å²) in [7, 11) is 0. The monoisotopic (exact) mass is 524 g/mol. The van der Waals surface area contributed by atoms with Crippen LogP contribution in [0.15, 0.2) is 72.9 Å². The van der Waals surface area contributed by atoms with Gasteiger partial charge in [-0.1, -0.05) is 31.2 Å². The Kier molecular flexibility index (Phi) is 7.26. The quantitative estimate of drug-likeness (QED) is 0.257. The molecular formula is C32H36N4OS. The standard InChI is InChI=1S/C32H36N4OS/c1-7-24-12-10-11-21(4)30(24)35-22(5)19-27(23(35)6)31-29(28-13-8-9-18-33-28)34-32(38)36(31)25-14-16-26(17-15-25)37-20(2)3/h8-20,29,31H,7H2,1-6H3,(H,34,38). The summed E-state index contributed by atoms with van der Waals surface area (Å²) in [6, 6.07) is 23.0. The number of thiocarbonyl (C=S) groups is 1. The molecule has 0 amide bonds. The van der Waals surface area contributed by atoms with Crippen LogP contribution in [-0.4, -0.2) is 20.8 Å². The van der Waals surface area contributed by atoms with E-state index in [4.69, 9.17) is 21.9 Å². The normalized spacial score (nSPS) is 17.2. The van der Waals surface area contributed by atoms with Gasteiger partial charge in [-0.25, -0.2) is 0 Å². The molecule has 0 aliphatic carbocycles. The van der Waals surface area contributed by atoms with E-state index in [1.807, 2.05) is 44.3 Å². The van der Waals surface area contributed by atoms with E-state index in [-0.39, 0.29) is 18.2 Å². The molecule has 3 heterocycles. The van der Waals surface area contributed by atoms with Gasteiger partial charge in [-0.2, -0.15) is 0 Å². The molecule has 6 heteroatoms. The van der Waals surface area contributed by atoms with Gasteiger partial charge in [0.1, 0.15) is 5.75 Å². The van der Waals surface area contributed by atoms with E-state index >= 15 is 0 Å². The zero-order chi connectivity index (χ0) is 27.0. The van der Waals surface area contributed by atoms with E-state index in [9.17, 15) is 0 Å². The minimum absolute atomic E-state index is 0.0664. The first-order valence-corrected chi connectivity index (χ1v) is 13.8. The van der Waals surface area contributed by atoms with Gasteiger partial charge in [0.15, 0.2) is 5.11 Å². The molecule has 2 aromatic heterocycles. The van der Waals surface area contributed by atoms with Crippen molar-refractivity contribution in [3.63, 3.8) is 0 Å². The van der Waals surface area contributed by atoms with Gasteiger partial charge < -0.3 is 19.5 Å². The maximum Gasteiger partial charge on any atom is 0.174 e. The summed E-state index contributed by atoms with van der Waals surface area (Å²) in [4.78, 5) is 6.96. The van der Waals surface area contributed by atoms with Gasteiger partial charge >= 0.3 is 0 Å². The van der Waals surface area contributed by atoms with Crippen LogP contribution < -0.4 is 15.0 Å². The van der Waals surface area contributed by atoms with Gasteiger partial charge in [-0.15, -0.1) is 0 Å². The maximum atomic E-state index is 5.97. The molecule has 5 nitrogen and oxygen atoms in total. The Hall–Kier alpha value is -3.64. The summed E-state index contributed by atoms with van der Waals surface area (Å²) < 4.78 is 8.32. The first kappa shape index (κ1) is 26.0. The number of nitrogens with one attached hydrogen (secondary N) is 1. The van der Waals surface area contributed by atoms with E-state index < -0.39 is 0 Å². The third-order valence-corrected chi connectivity index (χ3v) is 7.61. The summed E-state index contributed by atoms with van der Waals surface area (Å²) in [6.07, 6.45) is 2.95. The molecule has 4 aromatic rings. The Balaban J connectivity index is 1.66. The van der Waals surface area contributed by atoms with Gasteiger partial charge in [0.25, 0.3) is 0 Å². The zero-order valence-corrected chi connectivity index (χ0v) is 23.8. The van der Waals surface area contributed by atoms with Crippen LogP contribution in [0.3, 0.4) is 0 Å². The number of aryl methyl sites for hydroxylation is 3. The Morgan fingerprint density at radius 2 is 1.76 bits per heavy atom. The number of para-hydroxylation sites is 1. The second-order valence-corrected chi connectivity index (χ2v) is 10.6. The van der Waals surface area contributed by atoms with E-state index in [0.29, 0.717) is 5.11 Å². The second-order valence-electron chi connectivity index (χ2n) is 10.3. The van der Waals surface area contributed by atoms with Crippen LogP contribution in [0.4, 0.5) is 5.69 Å². The minimum atomic E-state index is -0.0910. The van der Waals surface area contributed by atoms with Gasteiger partial charge in [-0.3, -0.25) is 4.98 Å². The molecule has 2 unspecified atom stereocenters. The molecule has 1 fully saturated rings. The lowest BCUT2D eigenvalue weighted by Crippen LogP contribution is -2.29. The van der Waals surface area contributed by atoms with E-state index in [2.05, 4.69) is 84.9 Å². The highest BCUT2D eigenvalue weighted by Crippen LogP contribution is 2.44. The molecule has 1 aliphatic rings.